The van der Waals surface area contributed by atoms with Crippen molar-refractivity contribution in [1.29, 1.82) is 0 Å². The van der Waals surface area contributed by atoms with E-state index in [1.807, 2.05) is 54.6 Å². The molecule has 46 heavy (non-hydrogen) atoms. The van der Waals surface area contributed by atoms with Crippen molar-refractivity contribution < 1.29 is 18.0 Å². The van der Waals surface area contributed by atoms with Gasteiger partial charge in [0.2, 0.25) is 11.8 Å². The molecule has 1 saturated carbocycles. The number of sulfonamides is 1. The summed E-state index contributed by atoms with van der Waals surface area (Å²) in [5.74, 6) is -0.834. The largest absolute Gasteiger partial charge is 0.352 e. The van der Waals surface area contributed by atoms with Gasteiger partial charge in [-0.2, -0.15) is 0 Å². The van der Waals surface area contributed by atoms with Crippen LogP contribution in [0.5, 0.6) is 0 Å². The first kappa shape index (κ1) is 34.0. The second-order valence-corrected chi connectivity index (χ2v) is 14.9. The van der Waals surface area contributed by atoms with E-state index < -0.39 is 28.5 Å². The number of rotatable bonds is 12. The zero-order valence-electron chi connectivity index (χ0n) is 25.0. The fraction of sp³-hybridized carbons (Fsp3) is 0.257. The van der Waals surface area contributed by atoms with Crippen LogP contribution in [0.3, 0.4) is 0 Å². The minimum absolute atomic E-state index is 0.00640. The smallest absolute Gasteiger partial charge is 0.264 e. The maximum Gasteiger partial charge on any atom is 0.264 e. The first-order valence-corrected chi connectivity index (χ1v) is 18.0. The topological polar surface area (TPSA) is 86.8 Å². The summed E-state index contributed by atoms with van der Waals surface area (Å²) in [5, 5.41) is 3.57. The molecule has 1 atom stereocenters. The van der Waals surface area contributed by atoms with Crippen molar-refractivity contribution in [3.05, 3.63) is 129 Å². The molecule has 0 aliphatic heterocycles. The molecule has 0 saturated heterocycles. The molecule has 2 amide bonds. The molecule has 7 nitrogen and oxygen atoms in total. The molecule has 0 radical (unpaired) electrons. The van der Waals surface area contributed by atoms with Gasteiger partial charge < -0.3 is 10.2 Å². The van der Waals surface area contributed by atoms with Crippen LogP contribution in [0.15, 0.2) is 112 Å². The molecule has 11 heteroatoms. The lowest BCUT2D eigenvalue weighted by Crippen LogP contribution is -2.54. The standard InChI is InChI=1S/C35H34BrCl2N3O4S/c36-27-17-15-26(16-18-27)23-40(33(21-25-9-3-1-4-10-25)35(43)39-29-11-7-8-12-29)34(42)24-41(32-20-19-28(37)22-31(32)38)46(44,45)30-13-5-2-6-14-30/h1-6,9-10,13-20,22,29,33H,7-8,11-12,21,23-24H2,(H,39,43). The van der Waals surface area contributed by atoms with E-state index in [1.54, 1.807) is 18.2 Å². The molecule has 1 unspecified atom stereocenters. The highest BCUT2D eigenvalue weighted by Gasteiger charge is 2.36. The SMILES string of the molecule is O=C(NC1CCCC1)C(Cc1ccccc1)N(Cc1ccc(Br)cc1)C(=O)CN(c1ccc(Cl)cc1Cl)S(=O)(=O)c1ccccc1. The van der Waals surface area contributed by atoms with E-state index in [-0.39, 0.29) is 40.5 Å². The van der Waals surface area contributed by atoms with Gasteiger partial charge in [-0.25, -0.2) is 8.42 Å². The van der Waals surface area contributed by atoms with E-state index in [1.165, 1.54) is 35.2 Å². The molecule has 1 fully saturated rings. The van der Waals surface area contributed by atoms with E-state index >= 15 is 0 Å². The van der Waals surface area contributed by atoms with Crippen molar-refractivity contribution in [2.45, 2.75) is 55.6 Å². The van der Waals surface area contributed by atoms with Crippen LogP contribution >= 0.6 is 39.1 Å². The van der Waals surface area contributed by atoms with Crippen molar-refractivity contribution in [3.8, 4) is 0 Å². The van der Waals surface area contributed by atoms with Crippen LogP contribution in [0.25, 0.3) is 0 Å². The Morgan fingerprint density at radius 3 is 2.11 bits per heavy atom. The quantitative estimate of drug-likeness (QED) is 0.162. The third-order valence-corrected chi connectivity index (χ3v) is 10.9. The highest BCUT2D eigenvalue weighted by atomic mass is 79.9. The van der Waals surface area contributed by atoms with Gasteiger partial charge in [-0.05, 0) is 66.4 Å². The van der Waals surface area contributed by atoms with Crippen LogP contribution in [0.1, 0.15) is 36.8 Å². The third-order valence-electron chi connectivity index (χ3n) is 8.03. The molecule has 0 aromatic heterocycles. The number of amides is 2. The highest BCUT2D eigenvalue weighted by Crippen LogP contribution is 2.33. The van der Waals surface area contributed by atoms with Crippen LogP contribution in [-0.2, 0) is 32.6 Å². The van der Waals surface area contributed by atoms with Crippen molar-refractivity contribution in [1.82, 2.24) is 10.2 Å². The molecule has 0 heterocycles. The van der Waals surface area contributed by atoms with E-state index in [0.717, 1.165) is 45.6 Å². The molecular weight excluding hydrogens is 709 g/mol. The van der Waals surface area contributed by atoms with E-state index in [4.69, 9.17) is 23.2 Å². The molecule has 4 aromatic rings. The maximum absolute atomic E-state index is 14.6. The predicted molar refractivity (Wildman–Crippen MR) is 186 cm³/mol. The van der Waals surface area contributed by atoms with Gasteiger partial charge >= 0.3 is 0 Å². The lowest BCUT2D eigenvalue weighted by atomic mass is 10.0. The van der Waals surface area contributed by atoms with Crippen LogP contribution in [0, 0.1) is 0 Å². The van der Waals surface area contributed by atoms with Crippen LogP contribution < -0.4 is 9.62 Å². The Kier molecular flexibility index (Phi) is 11.4. The summed E-state index contributed by atoms with van der Waals surface area (Å²) < 4.78 is 30.1. The Hall–Kier alpha value is -3.37. The summed E-state index contributed by atoms with van der Waals surface area (Å²) in [6, 6.07) is 28.4. The number of anilines is 1. The second-order valence-electron chi connectivity index (χ2n) is 11.3. The molecule has 5 rings (SSSR count). The molecule has 1 N–H and O–H groups in total. The van der Waals surface area contributed by atoms with Gasteiger partial charge in [0.25, 0.3) is 10.0 Å². The van der Waals surface area contributed by atoms with Gasteiger partial charge in [0, 0.05) is 28.5 Å². The molecule has 240 valence electrons. The Morgan fingerprint density at radius 1 is 0.848 bits per heavy atom. The zero-order valence-corrected chi connectivity index (χ0v) is 28.9. The fourth-order valence-electron chi connectivity index (χ4n) is 5.62. The van der Waals surface area contributed by atoms with Gasteiger partial charge in [0.1, 0.15) is 12.6 Å². The summed E-state index contributed by atoms with van der Waals surface area (Å²) in [5.41, 5.74) is 1.75. The number of halogens is 3. The molecule has 1 aliphatic carbocycles. The van der Waals surface area contributed by atoms with Crippen molar-refractivity contribution >= 4 is 66.7 Å². The third kappa shape index (κ3) is 8.50. The maximum atomic E-state index is 14.6. The molecular formula is C35H34BrCl2N3O4S. The second kappa shape index (κ2) is 15.5. The van der Waals surface area contributed by atoms with Gasteiger partial charge in [0.05, 0.1) is 15.6 Å². The number of hydrogen-bond donors (Lipinski definition) is 1. The lowest BCUT2D eigenvalue weighted by Gasteiger charge is -2.34. The van der Waals surface area contributed by atoms with Crippen LogP contribution in [0.2, 0.25) is 10.0 Å². The van der Waals surface area contributed by atoms with E-state index in [9.17, 15) is 18.0 Å². The Morgan fingerprint density at radius 2 is 1.48 bits per heavy atom. The molecule has 1 aliphatic rings. The fourth-order valence-corrected chi connectivity index (χ4v) is 7.90. The average molecular weight is 744 g/mol. The number of nitrogens with zero attached hydrogens (tertiary/aromatic N) is 2. The average Bonchev–Trinajstić information content (AvgIpc) is 3.56. The van der Waals surface area contributed by atoms with Gasteiger partial charge in [0.15, 0.2) is 0 Å². The van der Waals surface area contributed by atoms with Crippen LogP contribution in [-0.4, -0.2) is 43.8 Å². The minimum atomic E-state index is -4.27. The lowest BCUT2D eigenvalue weighted by molar-refractivity contribution is -0.140. The van der Waals surface area contributed by atoms with Gasteiger partial charge in [-0.1, -0.05) is 113 Å². The Balaban J connectivity index is 1.57. The summed E-state index contributed by atoms with van der Waals surface area (Å²) in [7, 11) is -4.27. The Bertz CT molecular complexity index is 1750. The minimum Gasteiger partial charge on any atom is -0.352 e. The normalized spacial score (nSPS) is 14.1. The van der Waals surface area contributed by atoms with Crippen molar-refractivity contribution in [2.75, 3.05) is 10.8 Å². The number of carbonyl (C=O) groups excluding carboxylic acids is 2. The van der Waals surface area contributed by atoms with Gasteiger partial charge in [-0.15, -0.1) is 0 Å². The number of benzene rings is 4. The predicted octanol–water partition coefficient (Wildman–Crippen LogP) is 7.65. The summed E-state index contributed by atoms with van der Waals surface area (Å²) in [6.07, 6.45) is 4.06. The molecule has 0 bridgehead atoms. The van der Waals surface area contributed by atoms with Crippen molar-refractivity contribution in [2.24, 2.45) is 0 Å². The number of nitrogens with one attached hydrogen (secondary N) is 1. The van der Waals surface area contributed by atoms with E-state index in [2.05, 4.69) is 21.2 Å². The highest BCUT2D eigenvalue weighted by molar-refractivity contribution is 9.10. The first-order chi connectivity index (χ1) is 22.1. The summed E-state index contributed by atoms with van der Waals surface area (Å²) >= 11 is 16.2. The van der Waals surface area contributed by atoms with Crippen molar-refractivity contribution in [3.63, 3.8) is 0 Å². The van der Waals surface area contributed by atoms with Gasteiger partial charge in [-0.3, -0.25) is 13.9 Å². The number of hydrogen-bond acceptors (Lipinski definition) is 4. The molecule has 0 spiro atoms. The first-order valence-electron chi connectivity index (χ1n) is 15.0. The summed E-state index contributed by atoms with van der Waals surface area (Å²) in [6.45, 7) is -0.521. The van der Waals surface area contributed by atoms with E-state index in [0.29, 0.717) is 5.02 Å². The summed E-state index contributed by atoms with van der Waals surface area (Å²) in [4.78, 5) is 30.1. The monoisotopic (exact) mass is 741 g/mol. The Labute approximate surface area is 288 Å². The van der Waals surface area contributed by atoms with Crippen LogP contribution in [0.4, 0.5) is 5.69 Å². The molecule has 4 aromatic carbocycles. The zero-order chi connectivity index (χ0) is 32.7. The number of carbonyl (C=O) groups is 2.